The molecule has 1 aliphatic rings. The molecule has 0 unspecified atom stereocenters. The second-order valence-electron chi connectivity index (χ2n) is 5.72. The third kappa shape index (κ3) is 4.18. The van der Waals surface area contributed by atoms with Crippen LogP contribution in [0.1, 0.15) is 17.5 Å². The van der Waals surface area contributed by atoms with Crippen molar-refractivity contribution in [3.63, 3.8) is 0 Å². The number of anilines is 2. The quantitative estimate of drug-likeness (QED) is 0.589. The van der Waals surface area contributed by atoms with Crippen LogP contribution in [0.4, 0.5) is 11.4 Å². The Labute approximate surface area is 169 Å². The second kappa shape index (κ2) is 7.81. The van der Waals surface area contributed by atoms with Crippen LogP contribution in [0, 0.1) is 13.8 Å². The van der Waals surface area contributed by atoms with Crippen LogP contribution in [0.25, 0.3) is 0 Å². The molecule has 0 atom stereocenters. The maximum absolute atomic E-state index is 10.9. The summed E-state index contributed by atoms with van der Waals surface area (Å²) in [7, 11) is -4.18. The molecule has 4 nitrogen and oxygen atoms in total. The first-order valence-electron chi connectivity index (χ1n) is 7.45. The topological polar surface area (TPSA) is 60.4 Å². The van der Waals surface area contributed by atoms with Crippen molar-refractivity contribution < 1.29 is 42.5 Å². The third-order valence-electron chi connectivity index (χ3n) is 3.94. The van der Waals surface area contributed by atoms with E-state index in [2.05, 4.69) is 30.9 Å². The summed E-state index contributed by atoms with van der Waals surface area (Å²) >= 11 is 1.76. The first-order chi connectivity index (χ1) is 10.9. The van der Waals surface area contributed by atoms with Gasteiger partial charge in [0.1, 0.15) is 0 Å². The molecule has 1 aliphatic heterocycles. The first-order valence-corrected chi connectivity index (χ1v) is 9.84. The van der Waals surface area contributed by atoms with E-state index in [1.54, 1.807) is 11.8 Å². The molecule has 0 N–H and O–H groups in total. The number of fused-ring (bicyclic) bond motifs is 2. The minimum absolute atomic E-state index is 0. The van der Waals surface area contributed by atoms with Crippen molar-refractivity contribution in [2.45, 2.75) is 30.1 Å². The zero-order chi connectivity index (χ0) is 16.6. The fraction of sp³-hybridized carbons (Fsp3) is 0.294. The molecule has 2 aromatic rings. The average molecular weight is 371 g/mol. The van der Waals surface area contributed by atoms with Gasteiger partial charge in [-0.1, -0.05) is 36.0 Å². The van der Waals surface area contributed by atoms with E-state index in [0.29, 0.717) is 13.0 Å². The van der Waals surface area contributed by atoms with Gasteiger partial charge in [-0.3, -0.25) is 0 Å². The van der Waals surface area contributed by atoms with E-state index in [0.717, 1.165) is 11.4 Å². The predicted octanol–water partition coefficient (Wildman–Crippen LogP) is 0.845. The molecular weight excluding hydrogens is 353 g/mol. The molecule has 0 saturated heterocycles. The van der Waals surface area contributed by atoms with E-state index in [4.69, 9.17) is 0 Å². The summed E-state index contributed by atoms with van der Waals surface area (Å²) in [5.41, 5.74) is 4.55. The summed E-state index contributed by atoms with van der Waals surface area (Å²) in [5.74, 6) is -0.334. The maximum Gasteiger partial charge on any atom is 1.00 e. The zero-order valence-electron chi connectivity index (χ0n) is 14.1. The van der Waals surface area contributed by atoms with Gasteiger partial charge in [-0.15, -0.1) is 0 Å². The fourth-order valence-corrected chi connectivity index (χ4v) is 4.55. The Morgan fingerprint density at radius 2 is 1.50 bits per heavy atom. The summed E-state index contributed by atoms with van der Waals surface area (Å²) < 4.78 is 32.7. The number of rotatable bonds is 4. The Morgan fingerprint density at radius 3 is 1.96 bits per heavy atom. The van der Waals surface area contributed by atoms with Crippen LogP contribution in [0.3, 0.4) is 0 Å². The molecule has 1 heterocycles. The summed E-state index contributed by atoms with van der Waals surface area (Å²) in [6.45, 7) is 4.67. The van der Waals surface area contributed by atoms with Gasteiger partial charge in [0.05, 0.1) is 21.5 Å². The van der Waals surface area contributed by atoms with Crippen LogP contribution in [0.2, 0.25) is 0 Å². The smallest absolute Gasteiger partial charge is 0.748 e. The van der Waals surface area contributed by atoms with Gasteiger partial charge in [-0.2, -0.15) is 0 Å². The number of nitrogens with zero attached hydrogens (tertiary/aromatic N) is 1. The Hall–Kier alpha value is -0.500. The van der Waals surface area contributed by atoms with Crippen molar-refractivity contribution in [1.29, 1.82) is 0 Å². The fourth-order valence-electron chi connectivity index (χ4n) is 2.84. The van der Waals surface area contributed by atoms with Gasteiger partial charge in [-0.05, 0) is 43.5 Å². The van der Waals surface area contributed by atoms with Crippen molar-refractivity contribution in [3.05, 3.63) is 47.5 Å². The molecule has 3 rings (SSSR count). The zero-order valence-corrected chi connectivity index (χ0v) is 17.7. The van der Waals surface area contributed by atoms with Crippen molar-refractivity contribution in [1.82, 2.24) is 0 Å². The largest absolute Gasteiger partial charge is 1.00 e. The van der Waals surface area contributed by atoms with Gasteiger partial charge in [0.15, 0.2) is 0 Å². The van der Waals surface area contributed by atoms with Crippen LogP contribution in [-0.2, 0) is 10.1 Å². The van der Waals surface area contributed by atoms with Crippen molar-refractivity contribution in [3.8, 4) is 0 Å². The standard InChI is InChI=1S/C17H19NO3S2.Na/c1-12-6-3-8-14-16(12)22-17-13(2)7-4-9-15(17)18(14)10-5-11-23(19,20)21;/h3-4,6-9H,5,10-11H2,1-2H3,(H,19,20,21);/q;+1/p-1. The Balaban J connectivity index is 0.00000208. The summed E-state index contributed by atoms with van der Waals surface area (Å²) in [6, 6.07) is 12.3. The second-order valence-corrected chi connectivity index (χ2v) is 8.26. The number of hydrogen-bond acceptors (Lipinski definition) is 5. The molecule has 0 radical (unpaired) electrons. The molecule has 0 aromatic heterocycles. The molecule has 122 valence electrons. The summed E-state index contributed by atoms with van der Waals surface area (Å²) in [6.07, 6.45) is 0.317. The molecule has 7 heteroatoms. The Kier molecular flexibility index (Phi) is 6.45. The minimum Gasteiger partial charge on any atom is -0.748 e. The number of aryl methyl sites for hydroxylation is 2. The third-order valence-corrected chi connectivity index (χ3v) is 6.20. The Morgan fingerprint density at radius 1 is 1.00 bits per heavy atom. The van der Waals surface area contributed by atoms with Gasteiger partial charge in [0, 0.05) is 22.1 Å². The molecule has 0 bridgehead atoms. The minimum atomic E-state index is -4.18. The predicted molar refractivity (Wildman–Crippen MR) is 92.7 cm³/mol. The molecule has 0 spiro atoms. The normalized spacial score (nSPS) is 13.0. The average Bonchev–Trinajstić information content (AvgIpc) is 2.47. The van der Waals surface area contributed by atoms with Crippen LogP contribution in [-0.4, -0.2) is 25.3 Å². The van der Waals surface area contributed by atoms with E-state index in [1.165, 1.54) is 20.9 Å². The van der Waals surface area contributed by atoms with E-state index >= 15 is 0 Å². The summed E-state index contributed by atoms with van der Waals surface area (Å²) in [5, 5.41) is 0. The molecule has 0 amide bonds. The first kappa shape index (κ1) is 19.8. The van der Waals surface area contributed by atoms with E-state index in [9.17, 15) is 13.0 Å². The molecular formula is C17H18NNaO3S2. The van der Waals surface area contributed by atoms with Gasteiger partial charge in [0.25, 0.3) is 0 Å². The molecule has 0 saturated carbocycles. The van der Waals surface area contributed by atoms with E-state index < -0.39 is 10.1 Å². The SMILES string of the molecule is Cc1cccc2c1Sc1c(C)cccc1N2CCCS(=O)(=O)[O-].[Na+]. The monoisotopic (exact) mass is 371 g/mol. The van der Waals surface area contributed by atoms with Crippen molar-refractivity contribution >= 4 is 33.3 Å². The molecule has 24 heavy (non-hydrogen) atoms. The number of hydrogen-bond donors (Lipinski definition) is 0. The van der Waals surface area contributed by atoms with E-state index in [1.807, 2.05) is 24.3 Å². The Bertz CT molecular complexity index is 801. The van der Waals surface area contributed by atoms with Crippen molar-refractivity contribution in [2.75, 3.05) is 17.2 Å². The van der Waals surface area contributed by atoms with Crippen LogP contribution < -0.4 is 34.5 Å². The van der Waals surface area contributed by atoms with Gasteiger partial charge >= 0.3 is 29.6 Å². The summed E-state index contributed by atoms with van der Waals surface area (Å²) in [4.78, 5) is 4.52. The van der Waals surface area contributed by atoms with Crippen LogP contribution in [0.15, 0.2) is 46.2 Å². The maximum atomic E-state index is 10.9. The van der Waals surface area contributed by atoms with Crippen molar-refractivity contribution in [2.24, 2.45) is 0 Å². The van der Waals surface area contributed by atoms with Gasteiger partial charge < -0.3 is 9.45 Å². The van der Waals surface area contributed by atoms with Gasteiger partial charge in [-0.25, -0.2) is 8.42 Å². The van der Waals surface area contributed by atoms with Crippen LogP contribution in [0.5, 0.6) is 0 Å². The van der Waals surface area contributed by atoms with Crippen LogP contribution >= 0.6 is 11.8 Å². The van der Waals surface area contributed by atoms with E-state index in [-0.39, 0.29) is 35.3 Å². The molecule has 0 fully saturated rings. The molecule has 2 aromatic carbocycles. The van der Waals surface area contributed by atoms with Gasteiger partial charge in [0.2, 0.25) is 0 Å². The number of benzene rings is 2. The molecule has 0 aliphatic carbocycles.